The summed E-state index contributed by atoms with van der Waals surface area (Å²) in [5.41, 5.74) is 1.14. The second-order valence-corrected chi connectivity index (χ2v) is 3.80. The molecule has 0 fully saturated rings. The molecule has 0 saturated heterocycles. The molecule has 0 atom stereocenters. The van der Waals surface area contributed by atoms with Gasteiger partial charge in [0.15, 0.2) is 0 Å². The Labute approximate surface area is 90.0 Å². The third kappa shape index (κ3) is 3.38. The molecule has 84 valence electrons. The molecule has 1 aromatic rings. The fourth-order valence-electron chi connectivity index (χ4n) is 1.16. The van der Waals surface area contributed by atoms with Crippen LogP contribution in [0.2, 0.25) is 0 Å². The van der Waals surface area contributed by atoms with Gasteiger partial charge in [0.05, 0.1) is 5.41 Å². The van der Waals surface area contributed by atoms with Gasteiger partial charge in [0.2, 0.25) is 0 Å². The van der Waals surface area contributed by atoms with Crippen molar-refractivity contribution in [1.29, 1.82) is 0 Å². The molecule has 0 unspecified atom stereocenters. The van der Waals surface area contributed by atoms with Gasteiger partial charge in [0, 0.05) is 0 Å². The Hall–Kier alpha value is -1.33. The lowest BCUT2D eigenvalue weighted by atomic mass is 9.81. The van der Waals surface area contributed by atoms with E-state index < -0.39 is 11.4 Å². The molecule has 0 aliphatic rings. The smallest absolute Gasteiger partial charge is 0.313 e. The van der Waals surface area contributed by atoms with Crippen molar-refractivity contribution in [2.75, 3.05) is 0 Å². The molecule has 0 radical (unpaired) electrons. The zero-order chi connectivity index (χ0) is 10.1. The summed E-state index contributed by atoms with van der Waals surface area (Å²) in [6.07, 6.45) is 0. The van der Waals surface area contributed by atoms with Crippen LogP contribution in [0, 0.1) is 0 Å². The first-order chi connectivity index (χ1) is 5.94. The fourth-order valence-corrected chi connectivity index (χ4v) is 1.16. The number of carbonyl (C=O) groups is 1. The van der Waals surface area contributed by atoms with Gasteiger partial charge in [-0.2, -0.15) is 0 Å². The maximum atomic E-state index is 10.9. The highest BCUT2D eigenvalue weighted by molar-refractivity contribution is 6.32. The highest BCUT2D eigenvalue weighted by atomic mass is 16.4. The topological polar surface area (TPSA) is 100 Å². The molecular formula is C10H17BO4. The number of benzene rings is 1. The molecule has 0 aromatic heterocycles. The van der Waals surface area contributed by atoms with Gasteiger partial charge >= 0.3 is 5.97 Å². The lowest BCUT2D eigenvalue weighted by Crippen LogP contribution is -2.29. The maximum Gasteiger partial charge on any atom is 0.313 e. The van der Waals surface area contributed by atoms with Crippen molar-refractivity contribution in [3.8, 4) is 0 Å². The minimum Gasteiger partial charge on any atom is -0.481 e. The van der Waals surface area contributed by atoms with Gasteiger partial charge in [0.25, 0.3) is 0 Å². The van der Waals surface area contributed by atoms with E-state index >= 15 is 0 Å². The van der Waals surface area contributed by atoms with Crippen LogP contribution in [0.25, 0.3) is 0 Å². The Morgan fingerprint density at radius 1 is 1.33 bits per heavy atom. The van der Waals surface area contributed by atoms with E-state index in [1.807, 2.05) is 32.1 Å². The molecule has 0 saturated carbocycles. The average Bonchev–Trinajstić information content (AvgIpc) is 2.04. The summed E-state index contributed by atoms with van der Waals surface area (Å²) in [7, 11) is 1.96. The van der Waals surface area contributed by atoms with Crippen LogP contribution >= 0.6 is 0 Å². The van der Waals surface area contributed by atoms with Crippen LogP contribution in [0.4, 0.5) is 0 Å². The quantitative estimate of drug-likeness (QED) is 0.613. The second-order valence-electron chi connectivity index (χ2n) is 3.80. The Morgan fingerprint density at radius 3 is 2.27 bits per heavy atom. The third-order valence-corrected chi connectivity index (χ3v) is 2.27. The summed E-state index contributed by atoms with van der Waals surface area (Å²) in [5.74, 6) is -0.793. The van der Waals surface area contributed by atoms with E-state index in [1.54, 1.807) is 13.8 Å². The summed E-state index contributed by atoms with van der Waals surface area (Å²) in [5, 5.41) is 8.99. The molecule has 5 N–H and O–H groups in total. The predicted molar refractivity (Wildman–Crippen MR) is 62.5 cm³/mol. The van der Waals surface area contributed by atoms with E-state index in [4.69, 9.17) is 5.11 Å². The minimum absolute atomic E-state index is 0. The van der Waals surface area contributed by atoms with Gasteiger partial charge in [-0.25, -0.2) is 0 Å². The molecule has 1 rings (SSSR count). The van der Waals surface area contributed by atoms with E-state index in [0.717, 1.165) is 11.0 Å². The van der Waals surface area contributed by atoms with E-state index in [2.05, 4.69) is 0 Å². The van der Waals surface area contributed by atoms with Crippen LogP contribution in [-0.4, -0.2) is 29.9 Å². The Balaban J connectivity index is 0. The maximum absolute atomic E-state index is 10.9. The molecule has 0 aliphatic heterocycles. The first kappa shape index (κ1) is 16.1. The number of rotatable bonds is 2. The van der Waals surface area contributed by atoms with E-state index in [0.29, 0.717) is 0 Å². The number of carboxylic acid groups (broad SMARTS) is 1. The lowest BCUT2D eigenvalue weighted by Gasteiger charge is -2.19. The van der Waals surface area contributed by atoms with Crippen molar-refractivity contribution in [3.05, 3.63) is 29.8 Å². The molecule has 0 aliphatic carbocycles. The largest absolute Gasteiger partial charge is 0.481 e. The first-order valence-electron chi connectivity index (χ1n) is 4.25. The van der Waals surface area contributed by atoms with E-state index in [-0.39, 0.29) is 11.0 Å². The molecule has 0 amide bonds. The Kier molecular flexibility index (Phi) is 5.94. The molecule has 0 heterocycles. The summed E-state index contributed by atoms with van der Waals surface area (Å²) in [6.45, 7) is 3.42. The third-order valence-electron chi connectivity index (χ3n) is 2.27. The van der Waals surface area contributed by atoms with Crippen molar-refractivity contribution in [2.45, 2.75) is 19.3 Å². The van der Waals surface area contributed by atoms with E-state index in [9.17, 15) is 4.79 Å². The molecule has 4 nitrogen and oxygen atoms in total. The predicted octanol–water partition coefficient (Wildman–Crippen LogP) is -1.34. The van der Waals surface area contributed by atoms with E-state index in [1.165, 1.54) is 0 Å². The highest BCUT2D eigenvalue weighted by Gasteiger charge is 2.28. The molecule has 0 bridgehead atoms. The van der Waals surface area contributed by atoms with Gasteiger partial charge in [-0.3, -0.25) is 4.79 Å². The van der Waals surface area contributed by atoms with Crippen LogP contribution in [0.3, 0.4) is 0 Å². The van der Waals surface area contributed by atoms with Gasteiger partial charge in [-0.1, -0.05) is 29.7 Å². The summed E-state index contributed by atoms with van der Waals surface area (Å²) in [4.78, 5) is 10.9. The molecular weight excluding hydrogens is 195 g/mol. The molecule has 0 spiro atoms. The summed E-state index contributed by atoms with van der Waals surface area (Å²) in [6, 6.07) is 7.60. The van der Waals surface area contributed by atoms with Crippen LogP contribution in [-0.2, 0) is 10.2 Å². The van der Waals surface area contributed by atoms with Gasteiger partial charge in [0.1, 0.15) is 7.85 Å². The van der Waals surface area contributed by atoms with Crippen molar-refractivity contribution in [1.82, 2.24) is 0 Å². The standard InChI is InChI=1S/C10H13BO2.2H2O/c1-10(2,9(12)13)7-4-3-5-8(11)6-7;;/h3-6H,11H2,1-2H3,(H,12,13);2*1H2. The molecule has 5 heteroatoms. The monoisotopic (exact) mass is 212 g/mol. The molecule has 1 aromatic carbocycles. The second kappa shape index (κ2) is 5.53. The summed E-state index contributed by atoms with van der Waals surface area (Å²) < 4.78 is 0. The zero-order valence-corrected chi connectivity index (χ0v) is 9.16. The first-order valence-corrected chi connectivity index (χ1v) is 4.25. The van der Waals surface area contributed by atoms with Crippen molar-refractivity contribution >= 4 is 19.3 Å². The van der Waals surface area contributed by atoms with Crippen LogP contribution < -0.4 is 5.46 Å². The van der Waals surface area contributed by atoms with Crippen LogP contribution in [0.15, 0.2) is 24.3 Å². The van der Waals surface area contributed by atoms with Crippen molar-refractivity contribution in [2.24, 2.45) is 0 Å². The Morgan fingerprint density at radius 2 is 1.87 bits per heavy atom. The number of carboxylic acids is 1. The van der Waals surface area contributed by atoms with Crippen molar-refractivity contribution < 1.29 is 20.9 Å². The SMILES string of the molecule is Bc1cccc(C(C)(C)C(=O)O)c1.O.O. The van der Waals surface area contributed by atoms with Gasteiger partial charge in [-0.15, -0.1) is 0 Å². The van der Waals surface area contributed by atoms with Gasteiger partial charge < -0.3 is 16.1 Å². The number of hydrogen-bond donors (Lipinski definition) is 1. The average molecular weight is 212 g/mol. The minimum atomic E-state index is -0.800. The van der Waals surface area contributed by atoms with Gasteiger partial charge in [-0.05, 0) is 19.4 Å². The van der Waals surface area contributed by atoms with Crippen molar-refractivity contribution in [3.63, 3.8) is 0 Å². The highest BCUT2D eigenvalue weighted by Crippen LogP contribution is 2.21. The Bertz CT molecular complexity index is 336. The summed E-state index contributed by atoms with van der Waals surface area (Å²) >= 11 is 0. The zero-order valence-electron chi connectivity index (χ0n) is 9.16. The number of hydrogen-bond acceptors (Lipinski definition) is 1. The number of aliphatic carboxylic acids is 1. The van der Waals surface area contributed by atoms with Crippen LogP contribution in [0.1, 0.15) is 19.4 Å². The van der Waals surface area contributed by atoms with Crippen LogP contribution in [0.5, 0.6) is 0 Å². The lowest BCUT2D eigenvalue weighted by molar-refractivity contribution is -0.142. The normalized spacial score (nSPS) is 9.73. The molecule has 15 heavy (non-hydrogen) atoms. The fraction of sp³-hybridized carbons (Fsp3) is 0.300.